The highest BCUT2D eigenvalue weighted by Gasteiger charge is 2.34. The Morgan fingerprint density at radius 3 is 2.62 bits per heavy atom. The largest absolute Gasteiger partial charge is 0.417 e. The molecule has 0 unspecified atom stereocenters. The van der Waals surface area contributed by atoms with Gasteiger partial charge in [-0.25, -0.2) is 8.42 Å². The molecule has 10 heteroatoms. The van der Waals surface area contributed by atoms with Gasteiger partial charge in [0.15, 0.2) is 9.84 Å². The molecule has 1 aromatic carbocycles. The van der Waals surface area contributed by atoms with Crippen LogP contribution in [0, 0.1) is 0 Å². The number of hydrogen-bond donors (Lipinski definition) is 1. The molecule has 0 radical (unpaired) electrons. The van der Waals surface area contributed by atoms with Crippen LogP contribution in [0.3, 0.4) is 0 Å². The zero-order chi connectivity index (χ0) is 18.1. The van der Waals surface area contributed by atoms with Crippen molar-refractivity contribution < 1.29 is 26.4 Å². The van der Waals surface area contributed by atoms with Crippen LogP contribution in [0.4, 0.5) is 18.9 Å². The summed E-state index contributed by atoms with van der Waals surface area (Å²) in [4.78, 5) is 13.6. The van der Waals surface area contributed by atoms with Gasteiger partial charge in [0.05, 0.1) is 28.6 Å². The lowest BCUT2D eigenvalue weighted by Crippen LogP contribution is -2.38. The molecule has 2 rings (SSSR count). The van der Waals surface area contributed by atoms with Crippen molar-refractivity contribution >= 4 is 33.0 Å². The van der Waals surface area contributed by atoms with Crippen molar-refractivity contribution in [1.82, 2.24) is 4.90 Å². The van der Waals surface area contributed by atoms with Crippen molar-refractivity contribution in [2.45, 2.75) is 18.6 Å². The van der Waals surface area contributed by atoms with Crippen LogP contribution in [-0.2, 0) is 20.8 Å². The molecular formula is C14H16ClF3N2O3S. The Bertz CT molecular complexity index is 737. The maximum Gasteiger partial charge on any atom is 0.417 e. The summed E-state index contributed by atoms with van der Waals surface area (Å²) in [7, 11) is -1.47. The fraction of sp³-hybridized carbons (Fsp3) is 0.500. The van der Waals surface area contributed by atoms with Gasteiger partial charge < -0.3 is 5.32 Å². The van der Waals surface area contributed by atoms with E-state index in [9.17, 15) is 26.4 Å². The first kappa shape index (κ1) is 19.0. The Morgan fingerprint density at radius 1 is 1.42 bits per heavy atom. The van der Waals surface area contributed by atoms with Crippen molar-refractivity contribution in [1.29, 1.82) is 0 Å². The zero-order valence-electron chi connectivity index (χ0n) is 12.7. The van der Waals surface area contributed by atoms with E-state index >= 15 is 0 Å². The van der Waals surface area contributed by atoms with Crippen LogP contribution in [0.5, 0.6) is 0 Å². The summed E-state index contributed by atoms with van der Waals surface area (Å²) in [6.07, 6.45) is -4.18. The molecule has 0 aliphatic carbocycles. The van der Waals surface area contributed by atoms with Crippen molar-refractivity contribution in [2.24, 2.45) is 0 Å². The molecule has 5 nitrogen and oxygen atoms in total. The van der Waals surface area contributed by atoms with Gasteiger partial charge >= 0.3 is 6.18 Å². The molecular weight excluding hydrogens is 369 g/mol. The van der Waals surface area contributed by atoms with E-state index in [0.717, 1.165) is 12.1 Å². The number of nitrogens with zero attached hydrogens (tertiary/aromatic N) is 1. The predicted octanol–water partition coefficient (Wildman–Crippen LogP) is 2.42. The van der Waals surface area contributed by atoms with E-state index < -0.39 is 32.5 Å². The maximum absolute atomic E-state index is 12.8. The van der Waals surface area contributed by atoms with Gasteiger partial charge in [-0.3, -0.25) is 9.69 Å². The number of nitrogens with one attached hydrogen (secondary N) is 1. The number of carbonyl (C=O) groups is 1. The Morgan fingerprint density at radius 2 is 2.08 bits per heavy atom. The van der Waals surface area contributed by atoms with Gasteiger partial charge in [-0.1, -0.05) is 11.6 Å². The van der Waals surface area contributed by atoms with Gasteiger partial charge in [0.2, 0.25) is 5.91 Å². The van der Waals surface area contributed by atoms with E-state index in [1.807, 2.05) is 0 Å². The molecule has 0 aromatic heterocycles. The summed E-state index contributed by atoms with van der Waals surface area (Å²) in [5, 5.41) is 1.92. The molecule has 1 saturated heterocycles. The average molecular weight is 385 g/mol. The van der Waals surface area contributed by atoms with Crippen LogP contribution >= 0.6 is 11.6 Å². The molecule has 1 amide bonds. The molecule has 1 aliphatic rings. The third-order valence-electron chi connectivity index (χ3n) is 3.78. The Kier molecular flexibility index (Phi) is 5.46. The van der Waals surface area contributed by atoms with Crippen molar-refractivity contribution in [3.63, 3.8) is 0 Å². The lowest BCUT2D eigenvalue weighted by Gasteiger charge is -2.22. The highest BCUT2D eigenvalue weighted by atomic mass is 35.5. The van der Waals surface area contributed by atoms with Gasteiger partial charge in [0, 0.05) is 11.7 Å². The molecule has 1 fully saturated rings. The van der Waals surface area contributed by atoms with Gasteiger partial charge in [0.25, 0.3) is 0 Å². The average Bonchev–Trinajstić information content (AvgIpc) is 2.80. The summed E-state index contributed by atoms with van der Waals surface area (Å²) in [6, 6.07) is 2.83. The SMILES string of the molecule is CN(CC(=O)Nc1ccc(Cl)c(C(F)(F)F)c1)[C@@H]1CCS(=O)(=O)C1. The normalized spacial score (nSPS) is 20.3. The van der Waals surface area contributed by atoms with Gasteiger partial charge in [-0.15, -0.1) is 0 Å². The van der Waals surface area contributed by atoms with Gasteiger partial charge in [-0.05, 0) is 31.7 Å². The zero-order valence-corrected chi connectivity index (χ0v) is 14.3. The number of carbonyl (C=O) groups excluding carboxylic acids is 1. The molecule has 0 spiro atoms. The van der Waals surface area contributed by atoms with Crippen LogP contribution in [0.1, 0.15) is 12.0 Å². The first-order valence-corrected chi connectivity index (χ1v) is 9.25. The first-order valence-electron chi connectivity index (χ1n) is 7.05. The third kappa shape index (κ3) is 4.84. The second-order valence-corrected chi connectivity index (χ2v) is 8.35. The minimum atomic E-state index is -4.62. The molecule has 1 aromatic rings. The Labute approximate surface area is 142 Å². The Balaban J connectivity index is 2.00. The molecule has 0 saturated carbocycles. The van der Waals surface area contributed by atoms with E-state index in [4.69, 9.17) is 11.6 Å². The third-order valence-corrected chi connectivity index (χ3v) is 5.86. The molecule has 1 N–H and O–H groups in total. The standard InChI is InChI=1S/C14H16ClF3N2O3S/c1-20(10-4-5-24(22,23)8-10)7-13(21)19-9-2-3-12(15)11(6-9)14(16,17)18/h2-3,6,10H,4-5,7-8H2,1H3,(H,19,21)/t10-/m1/s1. The van der Waals surface area contributed by atoms with Crippen LogP contribution in [0.2, 0.25) is 5.02 Å². The molecule has 134 valence electrons. The van der Waals surface area contributed by atoms with Crippen LogP contribution in [0.15, 0.2) is 18.2 Å². The minimum absolute atomic E-state index is 0.0179. The van der Waals surface area contributed by atoms with Gasteiger partial charge in [0.1, 0.15) is 0 Å². The number of sulfone groups is 1. The number of alkyl halides is 3. The van der Waals surface area contributed by atoms with E-state index in [0.29, 0.717) is 6.42 Å². The topological polar surface area (TPSA) is 66.5 Å². The van der Waals surface area contributed by atoms with Crippen LogP contribution < -0.4 is 5.32 Å². The second kappa shape index (κ2) is 6.89. The lowest BCUT2D eigenvalue weighted by molar-refractivity contribution is -0.137. The number of rotatable bonds is 4. The van der Waals surface area contributed by atoms with E-state index in [2.05, 4.69) is 5.32 Å². The smallest absolute Gasteiger partial charge is 0.325 e. The number of benzene rings is 1. The summed E-state index contributed by atoms with van der Waals surface area (Å²) in [5.41, 5.74) is -1.05. The highest BCUT2D eigenvalue weighted by Crippen LogP contribution is 2.36. The highest BCUT2D eigenvalue weighted by molar-refractivity contribution is 7.91. The first-order chi connectivity index (χ1) is 11.0. The maximum atomic E-state index is 12.8. The van der Waals surface area contributed by atoms with E-state index in [1.54, 1.807) is 11.9 Å². The predicted molar refractivity (Wildman–Crippen MR) is 84.8 cm³/mol. The summed E-state index contributed by atoms with van der Waals surface area (Å²) in [5.74, 6) is -0.469. The van der Waals surface area contributed by atoms with Crippen molar-refractivity contribution in [3.05, 3.63) is 28.8 Å². The number of hydrogen-bond acceptors (Lipinski definition) is 4. The fourth-order valence-electron chi connectivity index (χ4n) is 2.50. The summed E-state index contributed by atoms with van der Waals surface area (Å²) in [6.45, 7) is -0.121. The fourth-order valence-corrected chi connectivity index (χ4v) is 4.53. The second-order valence-electron chi connectivity index (χ2n) is 5.71. The molecule has 1 atom stereocenters. The van der Waals surface area contributed by atoms with E-state index in [-0.39, 0.29) is 29.8 Å². The number of anilines is 1. The quantitative estimate of drug-likeness (QED) is 0.865. The summed E-state index contributed by atoms with van der Waals surface area (Å²) >= 11 is 5.52. The molecule has 1 aliphatic heterocycles. The molecule has 1 heterocycles. The van der Waals surface area contributed by atoms with Crippen molar-refractivity contribution in [2.75, 3.05) is 30.4 Å². The monoisotopic (exact) mass is 384 g/mol. The molecule has 0 bridgehead atoms. The van der Waals surface area contributed by atoms with Crippen LogP contribution in [0.25, 0.3) is 0 Å². The van der Waals surface area contributed by atoms with Gasteiger partial charge in [-0.2, -0.15) is 13.2 Å². The minimum Gasteiger partial charge on any atom is -0.325 e. The van der Waals surface area contributed by atoms with Crippen molar-refractivity contribution in [3.8, 4) is 0 Å². The summed E-state index contributed by atoms with van der Waals surface area (Å²) < 4.78 is 61.3. The lowest BCUT2D eigenvalue weighted by atomic mass is 10.2. The number of amides is 1. The molecule has 24 heavy (non-hydrogen) atoms. The van der Waals surface area contributed by atoms with E-state index in [1.165, 1.54) is 6.07 Å². The Hall–Kier alpha value is -1.32. The van der Waals surface area contributed by atoms with Crippen LogP contribution in [-0.4, -0.2) is 50.4 Å². The number of likely N-dealkylation sites (N-methyl/N-ethyl adjacent to an activating group) is 1. The number of halogens is 4.